The monoisotopic (exact) mass is 436 g/mol. The van der Waals surface area contributed by atoms with Gasteiger partial charge in [0.1, 0.15) is 0 Å². The van der Waals surface area contributed by atoms with Crippen molar-refractivity contribution >= 4 is 17.9 Å². The van der Waals surface area contributed by atoms with Crippen molar-refractivity contribution in [2.45, 2.75) is 52.0 Å². The number of amides is 1. The third-order valence-electron chi connectivity index (χ3n) is 6.81. The molecular weight excluding hydrogens is 400 g/mol. The molecule has 2 aromatic heterocycles. The van der Waals surface area contributed by atoms with E-state index >= 15 is 0 Å². The number of hydrogen-bond acceptors (Lipinski definition) is 5. The highest BCUT2D eigenvalue weighted by Crippen LogP contribution is 2.32. The van der Waals surface area contributed by atoms with Crippen molar-refractivity contribution in [3.63, 3.8) is 0 Å². The van der Waals surface area contributed by atoms with E-state index in [2.05, 4.69) is 49.6 Å². The molecule has 2 aliphatic rings. The Bertz CT molecular complexity index is 908. The maximum Gasteiger partial charge on any atom is 0.244 e. The number of aromatic nitrogens is 3. The average Bonchev–Trinajstić information content (AvgIpc) is 3.12. The summed E-state index contributed by atoms with van der Waals surface area (Å²) in [6, 6.07) is 4.67. The molecule has 1 saturated carbocycles. The number of anilines is 1. The standard InChI is InChI=1S/C25H36N6O/c1-20-19-22(21(2)31(20)23-7-4-3-5-8-23)9-10-24(32)26-13-14-29-15-17-30(18-16-29)25-27-11-6-12-28-25/h6,9-12,19,23H,3-5,7-8,13-18H2,1-2H3,(H,26,32)/b10-9+. The maximum atomic E-state index is 12.4. The lowest BCUT2D eigenvalue weighted by Crippen LogP contribution is -2.48. The summed E-state index contributed by atoms with van der Waals surface area (Å²) < 4.78 is 2.48. The summed E-state index contributed by atoms with van der Waals surface area (Å²) in [5.41, 5.74) is 3.73. The fraction of sp³-hybridized carbons (Fsp3) is 0.560. The van der Waals surface area contributed by atoms with Gasteiger partial charge >= 0.3 is 0 Å². The molecule has 1 saturated heterocycles. The van der Waals surface area contributed by atoms with E-state index in [0.717, 1.165) is 44.2 Å². The third kappa shape index (κ3) is 5.57. The van der Waals surface area contributed by atoms with Gasteiger partial charge in [-0.2, -0.15) is 0 Å². The Morgan fingerprint density at radius 2 is 1.81 bits per heavy atom. The fourth-order valence-electron chi connectivity index (χ4n) is 5.06. The molecular formula is C25H36N6O. The van der Waals surface area contributed by atoms with Crippen molar-refractivity contribution in [2.24, 2.45) is 0 Å². The Morgan fingerprint density at radius 1 is 1.09 bits per heavy atom. The predicted octanol–water partition coefficient (Wildman–Crippen LogP) is 3.35. The summed E-state index contributed by atoms with van der Waals surface area (Å²) in [7, 11) is 0. The summed E-state index contributed by atoms with van der Waals surface area (Å²) in [5.74, 6) is 0.775. The highest BCUT2D eigenvalue weighted by atomic mass is 16.1. The molecule has 0 unspecified atom stereocenters. The number of nitrogens with zero attached hydrogens (tertiary/aromatic N) is 5. The summed E-state index contributed by atoms with van der Waals surface area (Å²) in [6.07, 6.45) is 13.8. The van der Waals surface area contributed by atoms with Gasteiger partial charge in [0.2, 0.25) is 11.9 Å². The molecule has 172 valence electrons. The van der Waals surface area contributed by atoms with Crippen LogP contribution in [0.15, 0.2) is 30.6 Å². The van der Waals surface area contributed by atoms with Crippen LogP contribution in [0.4, 0.5) is 5.95 Å². The Kier molecular flexibility index (Phi) is 7.58. The summed E-state index contributed by atoms with van der Waals surface area (Å²) in [5, 5.41) is 3.03. The maximum absolute atomic E-state index is 12.4. The van der Waals surface area contributed by atoms with Gasteiger partial charge in [-0.1, -0.05) is 19.3 Å². The molecule has 1 amide bonds. The van der Waals surface area contributed by atoms with Crippen LogP contribution in [0, 0.1) is 13.8 Å². The second-order valence-electron chi connectivity index (χ2n) is 8.99. The number of carbonyl (C=O) groups excluding carboxylic acids is 1. The first-order valence-electron chi connectivity index (χ1n) is 12.0. The van der Waals surface area contributed by atoms with Crippen molar-refractivity contribution < 1.29 is 4.79 Å². The van der Waals surface area contributed by atoms with Crippen LogP contribution < -0.4 is 10.2 Å². The van der Waals surface area contributed by atoms with E-state index in [4.69, 9.17) is 0 Å². The third-order valence-corrected chi connectivity index (χ3v) is 6.81. The van der Waals surface area contributed by atoms with Crippen LogP contribution in [0.25, 0.3) is 6.08 Å². The molecule has 1 N–H and O–H groups in total. The smallest absolute Gasteiger partial charge is 0.244 e. The van der Waals surface area contributed by atoms with Gasteiger partial charge in [0.25, 0.3) is 0 Å². The summed E-state index contributed by atoms with van der Waals surface area (Å²) in [4.78, 5) is 25.6. The number of carbonyl (C=O) groups is 1. The quantitative estimate of drug-likeness (QED) is 0.675. The molecule has 7 heteroatoms. The molecule has 2 fully saturated rings. The molecule has 7 nitrogen and oxygen atoms in total. The molecule has 2 aromatic rings. The van der Waals surface area contributed by atoms with Crippen molar-refractivity contribution in [3.05, 3.63) is 47.6 Å². The second kappa shape index (κ2) is 10.8. The molecule has 4 rings (SSSR count). The minimum Gasteiger partial charge on any atom is -0.351 e. The van der Waals surface area contributed by atoms with Gasteiger partial charge in [-0.25, -0.2) is 9.97 Å². The molecule has 1 aliphatic carbocycles. The number of hydrogen-bond donors (Lipinski definition) is 1. The van der Waals surface area contributed by atoms with Crippen LogP contribution in [-0.4, -0.2) is 64.6 Å². The zero-order valence-corrected chi connectivity index (χ0v) is 19.5. The van der Waals surface area contributed by atoms with Gasteiger partial charge in [-0.05, 0) is 50.5 Å². The predicted molar refractivity (Wildman–Crippen MR) is 129 cm³/mol. The largest absolute Gasteiger partial charge is 0.351 e. The Balaban J connectivity index is 1.21. The molecule has 0 atom stereocenters. The topological polar surface area (TPSA) is 66.3 Å². The number of rotatable bonds is 7. The number of piperazine rings is 1. The average molecular weight is 437 g/mol. The number of nitrogens with one attached hydrogen (secondary N) is 1. The van der Waals surface area contributed by atoms with Crippen molar-refractivity contribution in [3.8, 4) is 0 Å². The van der Waals surface area contributed by atoms with Gasteiger partial charge in [0.05, 0.1) is 0 Å². The molecule has 0 spiro atoms. The minimum absolute atomic E-state index is 0.0243. The minimum atomic E-state index is -0.0243. The molecule has 1 aliphatic heterocycles. The Morgan fingerprint density at radius 3 is 2.53 bits per heavy atom. The van der Waals surface area contributed by atoms with E-state index in [1.807, 2.05) is 12.1 Å². The summed E-state index contributed by atoms with van der Waals surface area (Å²) in [6.45, 7) is 9.62. The van der Waals surface area contributed by atoms with Gasteiger partial charge in [-0.15, -0.1) is 0 Å². The highest BCUT2D eigenvalue weighted by molar-refractivity contribution is 5.91. The van der Waals surface area contributed by atoms with Gasteiger partial charge in [-0.3, -0.25) is 9.69 Å². The Hall–Kier alpha value is -2.67. The second-order valence-corrected chi connectivity index (χ2v) is 8.99. The zero-order valence-electron chi connectivity index (χ0n) is 19.5. The van der Waals surface area contributed by atoms with Crippen molar-refractivity contribution in [1.29, 1.82) is 0 Å². The van der Waals surface area contributed by atoms with Gasteiger partial charge in [0.15, 0.2) is 0 Å². The van der Waals surface area contributed by atoms with Crippen LogP contribution in [0.5, 0.6) is 0 Å². The molecule has 0 bridgehead atoms. The Labute approximate surface area is 191 Å². The zero-order chi connectivity index (χ0) is 22.3. The van der Waals surface area contributed by atoms with Crippen LogP contribution in [0.3, 0.4) is 0 Å². The van der Waals surface area contributed by atoms with Crippen LogP contribution in [-0.2, 0) is 4.79 Å². The van der Waals surface area contributed by atoms with E-state index in [1.54, 1.807) is 18.5 Å². The van der Waals surface area contributed by atoms with E-state index in [-0.39, 0.29) is 5.91 Å². The SMILES string of the molecule is Cc1cc(/C=C/C(=O)NCCN2CCN(c3ncccn3)CC2)c(C)n1C1CCCCC1. The lowest BCUT2D eigenvalue weighted by atomic mass is 9.95. The van der Waals surface area contributed by atoms with E-state index in [0.29, 0.717) is 12.6 Å². The lowest BCUT2D eigenvalue weighted by Gasteiger charge is -2.34. The molecule has 0 radical (unpaired) electrons. The number of aryl methyl sites for hydroxylation is 1. The fourth-order valence-corrected chi connectivity index (χ4v) is 5.06. The molecule has 3 heterocycles. The normalized spacial score (nSPS) is 18.4. The lowest BCUT2D eigenvalue weighted by molar-refractivity contribution is -0.116. The van der Waals surface area contributed by atoms with Crippen LogP contribution >= 0.6 is 0 Å². The first-order chi connectivity index (χ1) is 15.6. The highest BCUT2D eigenvalue weighted by Gasteiger charge is 2.20. The molecule has 0 aromatic carbocycles. The summed E-state index contributed by atoms with van der Waals surface area (Å²) >= 11 is 0. The van der Waals surface area contributed by atoms with Gasteiger partial charge in [0, 0.05) is 75.2 Å². The van der Waals surface area contributed by atoms with Crippen LogP contribution in [0.1, 0.15) is 55.1 Å². The first-order valence-corrected chi connectivity index (χ1v) is 12.0. The molecule has 32 heavy (non-hydrogen) atoms. The van der Waals surface area contributed by atoms with Gasteiger partial charge < -0.3 is 14.8 Å². The van der Waals surface area contributed by atoms with Crippen molar-refractivity contribution in [1.82, 2.24) is 24.8 Å². The van der Waals surface area contributed by atoms with E-state index in [1.165, 1.54) is 43.5 Å². The first kappa shape index (κ1) is 22.5. The van der Waals surface area contributed by atoms with E-state index < -0.39 is 0 Å². The van der Waals surface area contributed by atoms with Crippen molar-refractivity contribution in [2.75, 3.05) is 44.2 Å². The van der Waals surface area contributed by atoms with E-state index in [9.17, 15) is 4.79 Å². The van der Waals surface area contributed by atoms with Crippen LogP contribution in [0.2, 0.25) is 0 Å².